The van der Waals surface area contributed by atoms with Crippen molar-refractivity contribution >= 4 is 33.1 Å². The Kier molecular flexibility index (Phi) is 6.16. The van der Waals surface area contributed by atoms with E-state index in [2.05, 4.69) is 11.6 Å². The lowest BCUT2D eigenvalue weighted by molar-refractivity contribution is -0.172. The number of likely N-dealkylation sites (tertiary alicyclic amines) is 1. The predicted octanol–water partition coefficient (Wildman–Crippen LogP) is 5.23. The Morgan fingerprint density at radius 2 is 1.64 bits per heavy atom. The Labute approximate surface area is 191 Å². The van der Waals surface area contributed by atoms with E-state index in [0.717, 1.165) is 37.5 Å². The smallest absolute Gasteiger partial charge is 0.329 e. The number of halogens is 7. The highest BCUT2D eigenvalue weighted by Gasteiger charge is 2.63. The van der Waals surface area contributed by atoms with Crippen LogP contribution in [0.15, 0.2) is 48.0 Å². The minimum Gasteiger partial charge on any atom is -0.359 e. The van der Waals surface area contributed by atoms with Crippen LogP contribution in [0.3, 0.4) is 0 Å². The summed E-state index contributed by atoms with van der Waals surface area (Å²) in [7, 11) is -3.32. The Morgan fingerprint density at radius 1 is 1.12 bits per heavy atom. The SMILES string of the molecule is C=C(c1c(Cl)ccnc1N(C)S(=O)(=O)c1ccc(C(C)(F)F)cc1)N1CC(F)(F)C(F)(F)C1. The molecule has 33 heavy (non-hydrogen) atoms. The fourth-order valence-corrected chi connectivity index (χ4v) is 4.65. The fourth-order valence-electron chi connectivity index (χ4n) is 3.24. The zero-order valence-corrected chi connectivity index (χ0v) is 18.9. The largest absolute Gasteiger partial charge is 0.359 e. The first-order valence-corrected chi connectivity index (χ1v) is 11.1. The lowest BCUT2D eigenvalue weighted by atomic mass is 10.1. The molecule has 0 atom stereocenters. The van der Waals surface area contributed by atoms with Crippen molar-refractivity contribution in [3.8, 4) is 0 Å². The molecule has 1 aromatic heterocycles. The van der Waals surface area contributed by atoms with Crippen LogP contribution in [0.5, 0.6) is 0 Å². The molecule has 180 valence electrons. The molecule has 1 fully saturated rings. The molecule has 1 aliphatic rings. The maximum absolute atomic E-state index is 13.7. The van der Waals surface area contributed by atoms with Gasteiger partial charge in [0, 0.05) is 31.4 Å². The molecule has 0 N–H and O–H groups in total. The lowest BCUT2D eigenvalue weighted by Gasteiger charge is -2.26. The van der Waals surface area contributed by atoms with Gasteiger partial charge in [-0.25, -0.2) is 22.2 Å². The zero-order valence-electron chi connectivity index (χ0n) is 17.3. The molecule has 0 saturated carbocycles. The Bertz CT molecular complexity index is 1170. The number of nitrogens with zero attached hydrogens (tertiary/aromatic N) is 3. The van der Waals surface area contributed by atoms with Crippen LogP contribution in [0.25, 0.3) is 5.70 Å². The van der Waals surface area contributed by atoms with Gasteiger partial charge in [-0.3, -0.25) is 4.31 Å². The third-order valence-electron chi connectivity index (χ3n) is 5.18. The quantitative estimate of drug-likeness (QED) is 0.496. The average Bonchev–Trinajstić information content (AvgIpc) is 2.93. The van der Waals surface area contributed by atoms with E-state index >= 15 is 0 Å². The molecule has 0 unspecified atom stereocenters. The number of benzene rings is 1. The van der Waals surface area contributed by atoms with Crippen LogP contribution in [0, 0.1) is 0 Å². The first-order valence-electron chi connectivity index (χ1n) is 9.31. The first-order chi connectivity index (χ1) is 15.0. The summed E-state index contributed by atoms with van der Waals surface area (Å²) < 4.78 is 108. The van der Waals surface area contributed by atoms with Crippen LogP contribution in [0.1, 0.15) is 18.1 Å². The summed E-state index contributed by atoms with van der Waals surface area (Å²) in [5.74, 6) is -12.2. The standard InChI is InChI=1S/C20H18ClF6N3O2S/c1-12(30-10-19(24,25)20(26,27)11-30)16-15(21)8-9-28-17(16)29(3)33(31,32)14-6-4-13(5-7-14)18(2,22)23/h4-9H,1,10-11H2,2-3H3. The molecule has 3 rings (SSSR count). The third kappa shape index (κ3) is 4.50. The summed E-state index contributed by atoms with van der Waals surface area (Å²) in [6.45, 7) is 1.51. The van der Waals surface area contributed by atoms with Crippen LogP contribution in [-0.4, -0.2) is 50.3 Å². The number of rotatable bonds is 6. The maximum atomic E-state index is 13.7. The molecule has 0 aliphatic carbocycles. The van der Waals surface area contributed by atoms with Gasteiger partial charge in [0.2, 0.25) is 0 Å². The molecule has 1 aliphatic heterocycles. The molecule has 0 spiro atoms. The summed E-state index contributed by atoms with van der Waals surface area (Å²) >= 11 is 6.15. The van der Waals surface area contributed by atoms with E-state index in [-0.39, 0.29) is 27.0 Å². The van der Waals surface area contributed by atoms with Crippen molar-refractivity contribution in [1.29, 1.82) is 0 Å². The third-order valence-corrected chi connectivity index (χ3v) is 7.26. The van der Waals surface area contributed by atoms with Gasteiger partial charge < -0.3 is 4.90 Å². The predicted molar refractivity (Wildman–Crippen MR) is 111 cm³/mol. The van der Waals surface area contributed by atoms with Gasteiger partial charge in [0.1, 0.15) is 0 Å². The molecule has 2 aromatic rings. The molecular formula is C20H18ClF6N3O2S. The Balaban J connectivity index is 2.01. The van der Waals surface area contributed by atoms with Gasteiger partial charge in [-0.1, -0.05) is 30.3 Å². The minimum atomic E-state index is -4.38. The van der Waals surface area contributed by atoms with Crippen LogP contribution in [-0.2, 0) is 15.9 Å². The monoisotopic (exact) mass is 513 g/mol. The van der Waals surface area contributed by atoms with Gasteiger partial charge in [-0.05, 0) is 18.2 Å². The Morgan fingerprint density at radius 3 is 2.12 bits per heavy atom. The molecule has 0 bridgehead atoms. The average molecular weight is 514 g/mol. The van der Waals surface area contributed by atoms with E-state index in [1.165, 1.54) is 6.07 Å². The molecule has 2 heterocycles. The minimum absolute atomic E-state index is 0.161. The van der Waals surface area contributed by atoms with E-state index in [4.69, 9.17) is 11.6 Å². The van der Waals surface area contributed by atoms with Gasteiger partial charge >= 0.3 is 11.8 Å². The second kappa shape index (κ2) is 8.08. The topological polar surface area (TPSA) is 53.5 Å². The van der Waals surface area contributed by atoms with Crippen molar-refractivity contribution in [3.05, 3.63) is 59.3 Å². The normalized spacial score (nSPS) is 17.8. The van der Waals surface area contributed by atoms with E-state index in [0.29, 0.717) is 16.1 Å². The lowest BCUT2D eigenvalue weighted by Crippen LogP contribution is -2.38. The second-order valence-corrected chi connectivity index (χ2v) is 9.96. The number of hydrogen-bond donors (Lipinski definition) is 0. The highest BCUT2D eigenvalue weighted by molar-refractivity contribution is 7.92. The van der Waals surface area contributed by atoms with Crippen molar-refractivity contribution in [2.75, 3.05) is 24.4 Å². The number of aromatic nitrogens is 1. The maximum Gasteiger partial charge on any atom is 0.329 e. The molecule has 13 heteroatoms. The number of hydrogen-bond acceptors (Lipinski definition) is 4. The molecule has 5 nitrogen and oxygen atoms in total. The highest BCUT2D eigenvalue weighted by Crippen LogP contribution is 2.45. The van der Waals surface area contributed by atoms with E-state index in [9.17, 15) is 34.8 Å². The molecule has 1 saturated heterocycles. The van der Waals surface area contributed by atoms with Crippen molar-refractivity contribution < 1.29 is 34.8 Å². The van der Waals surface area contributed by atoms with E-state index in [1.807, 2.05) is 0 Å². The summed E-state index contributed by atoms with van der Waals surface area (Å²) in [6.07, 6.45) is 1.13. The van der Waals surface area contributed by atoms with Gasteiger partial charge in [0.25, 0.3) is 15.9 Å². The van der Waals surface area contributed by atoms with Gasteiger partial charge in [-0.2, -0.15) is 17.6 Å². The van der Waals surface area contributed by atoms with Crippen molar-refractivity contribution in [2.24, 2.45) is 0 Å². The molecular weight excluding hydrogens is 496 g/mol. The van der Waals surface area contributed by atoms with Crippen LogP contribution >= 0.6 is 11.6 Å². The van der Waals surface area contributed by atoms with E-state index < -0.39 is 46.4 Å². The van der Waals surface area contributed by atoms with Crippen molar-refractivity contribution in [3.63, 3.8) is 0 Å². The van der Waals surface area contributed by atoms with Crippen LogP contribution in [0.4, 0.5) is 32.2 Å². The zero-order chi connectivity index (χ0) is 25.0. The highest BCUT2D eigenvalue weighted by atomic mass is 35.5. The van der Waals surface area contributed by atoms with Crippen molar-refractivity contribution in [1.82, 2.24) is 9.88 Å². The van der Waals surface area contributed by atoms with Crippen molar-refractivity contribution in [2.45, 2.75) is 29.6 Å². The number of sulfonamides is 1. The molecule has 0 amide bonds. The number of pyridine rings is 1. The van der Waals surface area contributed by atoms with Crippen LogP contribution < -0.4 is 4.31 Å². The van der Waals surface area contributed by atoms with E-state index in [1.54, 1.807) is 0 Å². The summed E-state index contributed by atoms with van der Waals surface area (Å²) in [5.41, 5.74) is -1.02. The van der Waals surface area contributed by atoms with Gasteiger partial charge in [0.15, 0.2) is 5.82 Å². The number of alkyl halides is 6. The Hall–Kier alpha value is -2.47. The number of anilines is 1. The summed E-state index contributed by atoms with van der Waals surface area (Å²) in [4.78, 5) is 4.17. The first kappa shape index (κ1) is 25.2. The fraction of sp³-hybridized carbons (Fsp3) is 0.350. The molecule has 0 radical (unpaired) electrons. The molecule has 1 aromatic carbocycles. The summed E-state index contributed by atoms with van der Waals surface area (Å²) in [5, 5.41) is -0.161. The van der Waals surface area contributed by atoms with Crippen LogP contribution in [0.2, 0.25) is 5.02 Å². The van der Waals surface area contributed by atoms with Gasteiger partial charge in [-0.15, -0.1) is 0 Å². The van der Waals surface area contributed by atoms with Gasteiger partial charge in [0.05, 0.1) is 28.6 Å². The summed E-state index contributed by atoms with van der Waals surface area (Å²) in [6, 6.07) is 5.05. The second-order valence-electron chi connectivity index (χ2n) is 7.59.